The van der Waals surface area contributed by atoms with Crippen molar-refractivity contribution in [2.75, 3.05) is 22.9 Å². The topological polar surface area (TPSA) is 87.2 Å². The molecule has 3 aromatic rings. The number of fused-ring (bicyclic) bond motifs is 2. The summed E-state index contributed by atoms with van der Waals surface area (Å²) in [5.74, 6) is 0.366. The van der Waals surface area contributed by atoms with Crippen molar-refractivity contribution in [3.05, 3.63) is 60.7 Å². The van der Waals surface area contributed by atoms with E-state index in [1.807, 2.05) is 24.3 Å². The van der Waals surface area contributed by atoms with Crippen molar-refractivity contribution in [2.45, 2.75) is 24.3 Å². The Bertz CT molecular complexity index is 1250. The first-order valence-corrected chi connectivity index (χ1v) is 10.8. The number of ether oxygens (including phenoxy) is 1. The van der Waals surface area contributed by atoms with Crippen LogP contribution in [0.3, 0.4) is 0 Å². The summed E-state index contributed by atoms with van der Waals surface area (Å²) in [6.07, 6.45) is 0. The van der Waals surface area contributed by atoms with Gasteiger partial charge in [-0.1, -0.05) is 30.3 Å². The maximum atomic E-state index is 13.3. The molecule has 1 heterocycles. The smallest absolute Gasteiger partial charge is 0.342 e. The van der Waals surface area contributed by atoms with Crippen molar-refractivity contribution in [1.29, 1.82) is 0 Å². The third kappa shape index (κ3) is 3.48. The van der Waals surface area contributed by atoms with Crippen molar-refractivity contribution < 1.29 is 23.1 Å². The molecule has 156 valence electrons. The number of amides is 2. The van der Waals surface area contributed by atoms with Crippen molar-refractivity contribution in [2.24, 2.45) is 0 Å². The second-order valence-electron chi connectivity index (χ2n) is 7.87. The molecule has 0 saturated carbocycles. The van der Waals surface area contributed by atoms with Gasteiger partial charge in [-0.3, -0.25) is 4.90 Å². The summed E-state index contributed by atoms with van der Waals surface area (Å²) in [6, 6.07) is 16.4. The molecule has 0 saturated heterocycles. The van der Waals surface area contributed by atoms with Gasteiger partial charge in [-0.25, -0.2) is 13.2 Å². The van der Waals surface area contributed by atoms with Gasteiger partial charge in [-0.05, 0) is 48.9 Å². The average molecular weight is 426 g/mol. The number of hydrogen-bond acceptors (Lipinski definition) is 5. The number of sulfonamides is 1. The SMILES string of the molecule is CN1C(=O)N(c2ccc3ccccc3c2)S(=O)(=O)c2ccc(OCC(C)(C)O)cc21. The molecular weight excluding hydrogens is 404 g/mol. The zero-order valence-electron chi connectivity index (χ0n) is 16.9. The van der Waals surface area contributed by atoms with E-state index in [2.05, 4.69) is 0 Å². The van der Waals surface area contributed by atoms with Crippen molar-refractivity contribution >= 4 is 38.2 Å². The lowest BCUT2D eigenvalue weighted by molar-refractivity contribution is 0.0285. The summed E-state index contributed by atoms with van der Waals surface area (Å²) in [5, 5.41) is 11.6. The van der Waals surface area contributed by atoms with Crippen LogP contribution in [0.1, 0.15) is 13.8 Å². The maximum absolute atomic E-state index is 13.3. The Labute approximate surface area is 175 Å². The van der Waals surface area contributed by atoms with Gasteiger partial charge < -0.3 is 9.84 Å². The third-order valence-electron chi connectivity index (χ3n) is 4.83. The molecule has 1 N–H and O–H groups in total. The summed E-state index contributed by atoms with van der Waals surface area (Å²) < 4.78 is 33.0. The van der Waals surface area contributed by atoms with Gasteiger partial charge in [-0.15, -0.1) is 0 Å². The predicted octanol–water partition coefficient (Wildman–Crippen LogP) is 3.75. The van der Waals surface area contributed by atoms with Crippen LogP contribution in [0.4, 0.5) is 16.2 Å². The number of benzene rings is 3. The maximum Gasteiger partial charge on any atom is 0.342 e. The third-order valence-corrected chi connectivity index (χ3v) is 6.58. The number of urea groups is 1. The molecule has 0 radical (unpaired) electrons. The Morgan fingerprint density at radius 2 is 1.70 bits per heavy atom. The van der Waals surface area contributed by atoms with Crippen molar-refractivity contribution in [3.8, 4) is 5.75 Å². The Morgan fingerprint density at radius 1 is 1.00 bits per heavy atom. The molecule has 1 aliphatic heterocycles. The van der Waals surface area contributed by atoms with E-state index in [1.165, 1.54) is 30.1 Å². The lowest BCUT2D eigenvalue weighted by Crippen LogP contribution is -2.49. The first kappa shape index (κ1) is 20.2. The van der Waals surface area contributed by atoms with Crippen LogP contribution in [-0.4, -0.2) is 38.8 Å². The fourth-order valence-corrected chi connectivity index (χ4v) is 4.94. The number of carbonyl (C=O) groups is 1. The van der Waals surface area contributed by atoms with Gasteiger partial charge in [0.05, 0.1) is 17.0 Å². The van der Waals surface area contributed by atoms with Crippen LogP contribution >= 0.6 is 0 Å². The van der Waals surface area contributed by atoms with E-state index in [9.17, 15) is 18.3 Å². The molecule has 0 spiro atoms. The lowest BCUT2D eigenvalue weighted by Gasteiger charge is -2.34. The second-order valence-corrected chi connectivity index (χ2v) is 9.63. The monoisotopic (exact) mass is 426 g/mol. The minimum atomic E-state index is -4.11. The van der Waals surface area contributed by atoms with Gasteiger partial charge in [-0.2, -0.15) is 4.31 Å². The van der Waals surface area contributed by atoms with Crippen LogP contribution < -0.4 is 13.9 Å². The highest BCUT2D eigenvalue weighted by Gasteiger charge is 2.41. The predicted molar refractivity (Wildman–Crippen MR) is 116 cm³/mol. The quantitative estimate of drug-likeness (QED) is 0.687. The van der Waals surface area contributed by atoms with Gasteiger partial charge in [0.15, 0.2) is 0 Å². The molecule has 2 amide bonds. The fraction of sp³-hybridized carbons (Fsp3) is 0.227. The van der Waals surface area contributed by atoms with Crippen molar-refractivity contribution in [3.63, 3.8) is 0 Å². The van der Waals surface area contributed by atoms with E-state index in [1.54, 1.807) is 32.0 Å². The molecule has 0 fully saturated rings. The largest absolute Gasteiger partial charge is 0.491 e. The molecule has 8 heteroatoms. The average Bonchev–Trinajstić information content (AvgIpc) is 2.70. The Morgan fingerprint density at radius 3 is 2.40 bits per heavy atom. The zero-order valence-corrected chi connectivity index (χ0v) is 17.7. The van der Waals surface area contributed by atoms with E-state index >= 15 is 0 Å². The molecule has 3 aromatic carbocycles. The van der Waals surface area contributed by atoms with Crippen LogP contribution in [0, 0.1) is 0 Å². The minimum absolute atomic E-state index is 0.00775. The minimum Gasteiger partial charge on any atom is -0.491 e. The van der Waals surface area contributed by atoms with Crippen LogP contribution in [0.2, 0.25) is 0 Å². The molecule has 7 nitrogen and oxygen atoms in total. The fourth-order valence-electron chi connectivity index (χ4n) is 3.32. The Balaban J connectivity index is 1.77. The molecule has 0 aliphatic carbocycles. The highest BCUT2D eigenvalue weighted by Crippen LogP contribution is 2.39. The first-order chi connectivity index (χ1) is 14.1. The summed E-state index contributed by atoms with van der Waals surface area (Å²) >= 11 is 0. The Hall–Kier alpha value is -3.10. The number of rotatable bonds is 4. The Kier molecular flexibility index (Phi) is 4.71. The molecule has 0 aromatic heterocycles. The van der Waals surface area contributed by atoms with Gasteiger partial charge >= 0.3 is 6.03 Å². The molecule has 0 atom stereocenters. The van der Waals surface area contributed by atoms with E-state index in [0.717, 1.165) is 15.1 Å². The van der Waals surface area contributed by atoms with Gasteiger partial charge in [0.25, 0.3) is 10.0 Å². The van der Waals surface area contributed by atoms with Crippen LogP contribution in [0.5, 0.6) is 5.75 Å². The molecule has 0 unspecified atom stereocenters. The number of nitrogens with zero attached hydrogens (tertiary/aromatic N) is 2. The highest BCUT2D eigenvalue weighted by atomic mass is 32.2. The van der Waals surface area contributed by atoms with E-state index in [0.29, 0.717) is 5.75 Å². The molecule has 1 aliphatic rings. The standard InChI is InChI=1S/C22H22N2O5S/c1-22(2,26)14-29-18-10-11-20-19(13-18)23(3)21(25)24(30(20,27)28)17-9-8-15-6-4-5-7-16(15)12-17/h4-13,26H,14H2,1-3H3. The first-order valence-electron chi connectivity index (χ1n) is 9.39. The van der Waals surface area contributed by atoms with Crippen molar-refractivity contribution in [1.82, 2.24) is 0 Å². The molecular formula is C22H22N2O5S. The number of carbonyl (C=O) groups excluding carboxylic acids is 1. The highest BCUT2D eigenvalue weighted by molar-refractivity contribution is 7.94. The second kappa shape index (κ2) is 7.00. The summed E-state index contributed by atoms with van der Waals surface area (Å²) in [7, 11) is -2.59. The zero-order chi connectivity index (χ0) is 21.7. The summed E-state index contributed by atoms with van der Waals surface area (Å²) in [4.78, 5) is 14.3. The lowest BCUT2D eigenvalue weighted by atomic mass is 10.1. The normalized spacial score (nSPS) is 15.9. The van der Waals surface area contributed by atoms with Gasteiger partial charge in [0, 0.05) is 13.1 Å². The van der Waals surface area contributed by atoms with Crippen LogP contribution in [0.15, 0.2) is 65.6 Å². The number of aliphatic hydroxyl groups is 1. The molecule has 30 heavy (non-hydrogen) atoms. The van der Waals surface area contributed by atoms with Crippen LogP contribution in [-0.2, 0) is 10.0 Å². The summed E-state index contributed by atoms with van der Waals surface area (Å²) in [5.41, 5.74) is -0.541. The number of hydrogen-bond donors (Lipinski definition) is 1. The van der Waals surface area contributed by atoms with Gasteiger partial charge in [0.1, 0.15) is 17.3 Å². The summed E-state index contributed by atoms with van der Waals surface area (Å²) in [6.45, 7) is 3.24. The molecule has 4 rings (SSSR count). The molecule has 0 bridgehead atoms. The van der Waals surface area contributed by atoms with E-state index in [4.69, 9.17) is 4.74 Å². The van der Waals surface area contributed by atoms with E-state index < -0.39 is 21.7 Å². The van der Waals surface area contributed by atoms with Crippen LogP contribution in [0.25, 0.3) is 10.8 Å². The van der Waals surface area contributed by atoms with Gasteiger partial charge in [0.2, 0.25) is 0 Å². The number of anilines is 2. The van der Waals surface area contributed by atoms with E-state index in [-0.39, 0.29) is 22.9 Å².